The van der Waals surface area contributed by atoms with Gasteiger partial charge in [0.15, 0.2) is 5.67 Å². The van der Waals surface area contributed by atoms with Crippen LogP contribution in [-0.2, 0) is 25.7 Å². The van der Waals surface area contributed by atoms with Crippen molar-refractivity contribution in [3.63, 3.8) is 0 Å². The van der Waals surface area contributed by atoms with Crippen LogP contribution in [0.1, 0.15) is 12.0 Å². The van der Waals surface area contributed by atoms with Crippen molar-refractivity contribution < 1.29 is 23.5 Å². The summed E-state index contributed by atoms with van der Waals surface area (Å²) in [7, 11) is 3.01. The van der Waals surface area contributed by atoms with Gasteiger partial charge in [0.2, 0.25) is 5.91 Å². The number of likely N-dealkylation sites (N-methyl/N-ethyl adjacent to an activating group) is 1. The number of alkyl halides is 1. The highest BCUT2D eigenvalue weighted by Crippen LogP contribution is 2.32. The summed E-state index contributed by atoms with van der Waals surface area (Å²) in [4.78, 5) is 25.8. The Bertz CT molecular complexity index is 569. The zero-order valence-corrected chi connectivity index (χ0v) is 14.0. The summed E-state index contributed by atoms with van der Waals surface area (Å²) in [6.45, 7) is -0.218. The molecule has 132 valence electrons. The number of nitrogens with zero attached hydrogens (tertiary/aromatic N) is 1. The highest BCUT2D eigenvalue weighted by Gasteiger charge is 2.50. The van der Waals surface area contributed by atoms with Gasteiger partial charge in [-0.25, -0.2) is 9.18 Å². The summed E-state index contributed by atoms with van der Waals surface area (Å²) in [5, 5.41) is 2.72. The summed E-state index contributed by atoms with van der Waals surface area (Å²) in [5.74, 6) is -0.936. The molecule has 0 bridgehead atoms. The summed E-state index contributed by atoms with van der Waals surface area (Å²) >= 11 is 0. The van der Waals surface area contributed by atoms with Gasteiger partial charge in [-0.05, 0) is 12.6 Å². The molecule has 1 aliphatic heterocycles. The number of methoxy groups -OCH3 is 1. The number of carbonyl (C=O) groups is 2. The van der Waals surface area contributed by atoms with Crippen molar-refractivity contribution in [3.8, 4) is 0 Å². The molecule has 0 aromatic heterocycles. The SMILES string of the molecule is CNCC(=O)N1C[C@@](F)(COC)CC1C(=O)OCc1ccccc1. The zero-order chi connectivity index (χ0) is 17.6. The van der Waals surface area contributed by atoms with Crippen LogP contribution in [0.15, 0.2) is 30.3 Å². The smallest absolute Gasteiger partial charge is 0.329 e. The number of halogens is 1. The molecule has 2 atom stereocenters. The van der Waals surface area contributed by atoms with Crippen molar-refractivity contribution in [2.75, 3.05) is 33.9 Å². The number of hydrogen-bond acceptors (Lipinski definition) is 5. The Morgan fingerprint density at radius 1 is 1.38 bits per heavy atom. The summed E-state index contributed by atoms with van der Waals surface area (Å²) in [6, 6.07) is 8.27. The Hall–Kier alpha value is -1.99. The van der Waals surface area contributed by atoms with E-state index in [2.05, 4.69) is 5.32 Å². The Morgan fingerprint density at radius 3 is 2.71 bits per heavy atom. The van der Waals surface area contributed by atoms with Gasteiger partial charge in [0.25, 0.3) is 0 Å². The Labute approximate surface area is 140 Å². The van der Waals surface area contributed by atoms with Crippen molar-refractivity contribution in [3.05, 3.63) is 35.9 Å². The van der Waals surface area contributed by atoms with Crippen LogP contribution in [0.4, 0.5) is 4.39 Å². The second-order valence-corrected chi connectivity index (χ2v) is 5.95. The number of carbonyl (C=O) groups excluding carboxylic acids is 2. The molecule has 0 saturated carbocycles. The number of nitrogens with one attached hydrogen (secondary N) is 1. The molecule has 0 spiro atoms. The van der Waals surface area contributed by atoms with Crippen LogP contribution in [-0.4, -0.2) is 62.3 Å². The maximum atomic E-state index is 14.8. The summed E-state index contributed by atoms with van der Waals surface area (Å²) in [6.07, 6.45) is -0.121. The third-order valence-corrected chi connectivity index (χ3v) is 3.94. The number of hydrogen-bond donors (Lipinski definition) is 1. The normalized spacial score (nSPS) is 23.3. The molecule has 1 amide bonds. The van der Waals surface area contributed by atoms with Crippen LogP contribution < -0.4 is 5.32 Å². The largest absolute Gasteiger partial charge is 0.459 e. The van der Waals surface area contributed by atoms with Gasteiger partial charge in [-0.3, -0.25) is 4.79 Å². The molecule has 1 aromatic carbocycles. The second-order valence-electron chi connectivity index (χ2n) is 5.95. The third kappa shape index (κ3) is 4.52. The standard InChI is InChI=1S/C17H23FN2O4/c1-19-9-15(21)20-11-17(18,12-23-2)8-14(20)16(22)24-10-13-6-4-3-5-7-13/h3-7,14,19H,8-12H2,1-2H3/t14?,17-/m1/s1. The highest BCUT2D eigenvalue weighted by molar-refractivity contribution is 5.86. The lowest BCUT2D eigenvalue weighted by Crippen LogP contribution is -2.45. The van der Waals surface area contributed by atoms with E-state index in [0.29, 0.717) is 0 Å². The molecule has 1 aliphatic rings. The molecule has 1 unspecified atom stereocenters. The minimum absolute atomic E-state index is 0.0333. The van der Waals surface area contributed by atoms with Crippen LogP contribution in [0.3, 0.4) is 0 Å². The molecule has 0 aliphatic carbocycles. The predicted molar refractivity (Wildman–Crippen MR) is 86.0 cm³/mol. The molecule has 1 N–H and O–H groups in total. The van der Waals surface area contributed by atoms with Gasteiger partial charge in [-0.2, -0.15) is 0 Å². The number of ether oxygens (including phenoxy) is 2. The Morgan fingerprint density at radius 2 is 2.08 bits per heavy atom. The first-order chi connectivity index (χ1) is 11.5. The van der Waals surface area contributed by atoms with Crippen molar-refractivity contribution in [1.29, 1.82) is 0 Å². The van der Waals surface area contributed by atoms with E-state index in [1.807, 2.05) is 30.3 Å². The quantitative estimate of drug-likeness (QED) is 0.749. The van der Waals surface area contributed by atoms with Crippen molar-refractivity contribution in [1.82, 2.24) is 10.2 Å². The van der Waals surface area contributed by atoms with E-state index in [-0.39, 0.29) is 38.6 Å². The van der Waals surface area contributed by atoms with E-state index in [1.54, 1.807) is 7.05 Å². The fraction of sp³-hybridized carbons (Fsp3) is 0.529. The van der Waals surface area contributed by atoms with E-state index in [9.17, 15) is 14.0 Å². The number of benzene rings is 1. The monoisotopic (exact) mass is 338 g/mol. The summed E-state index contributed by atoms with van der Waals surface area (Å²) in [5.41, 5.74) is -0.908. The number of likely N-dealkylation sites (tertiary alicyclic amines) is 1. The lowest BCUT2D eigenvalue weighted by Gasteiger charge is -2.23. The van der Waals surface area contributed by atoms with E-state index in [4.69, 9.17) is 9.47 Å². The van der Waals surface area contributed by atoms with Crippen molar-refractivity contribution >= 4 is 11.9 Å². The van der Waals surface area contributed by atoms with Gasteiger partial charge in [0.05, 0.1) is 19.7 Å². The zero-order valence-electron chi connectivity index (χ0n) is 14.0. The van der Waals surface area contributed by atoms with Gasteiger partial charge in [-0.15, -0.1) is 0 Å². The molecule has 1 fully saturated rings. The number of esters is 1. The van der Waals surface area contributed by atoms with Gasteiger partial charge < -0.3 is 19.7 Å². The van der Waals surface area contributed by atoms with Gasteiger partial charge in [0.1, 0.15) is 12.6 Å². The van der Waals surface area contributed by atoms with Crippen molar-refractivity contribution in [2.45, 2.75) is 24.7 Å². The molecule has 0 radical (unpaired) electrons. The first kappa shape index (κ1) is 18.4. The molecule has 1 heterocycles. The fourth-order valence-corrected chi connectivity index (χ4v) is 2.85. The van der Waals surface area contributed by atoms with E-state index in [0.717, 1.165) is 5.56 Å². The molecule has 6 nitrogen and oxygen atoms in total. The predicted octanol–water partition coefficient (Wildman–Crippen LogP) is 0.905. The minimum atomic E-state index is -1.74. The molecule has 2 rings (SSSR count). The lowest BCUT2D eigenvalue weighted by atomic mass is 10.0. The first-order valence-corrected chi connectivity index (χ1v) is 7.81. The van der Waals surface area contributed by atoms with Crippen LogP contribution in [0.5, 0.6) is 0 Å². The average Bonchev–Trinajstić information content (AvgIpc) is 2.92. The maximum absolute atomic E-state index is 14.8. The van der Waals surface area contributed by atoms with Crippen LogP contribution in [0.25, 0.3) is 0 Å². The fourth-order valence-electron chi connectivity index (χ4n) is 2.85. The van der Waals surface area contributed by atoms with Crippen LogP contribution >= 0.6 is 0 Å². The number of rotatable bonds is 7. The van der Waals surface area contributed by atoms with Crippen LogP contribution in [0.2, 0.25) is 0 Å². The Balaban J connectivity index is 2.05. The lowest BCUT2D eigenvalue weighted by molar-refractivity contribution is -0.154. The average molecular weight is 338 g/mol. The minimum Gasteiger partial charge on any atom is -0.459 e. The molecular formula is C17H23FN2O4. The van der Waals surface area contributed by atoms with Crippen LogP contribution in [0, 0.1) is 0 Å². The van der Waals surface area contributed by atoms with E-state index in [1.165, 1.54) is 12.0 Å². The molecular weight excluding hydrogens is 315 g/mol. The molecule has 24 heavy (non-hydrogen) atoms. The van der Waals surface area contributed by atoms with Gasteiger partial charge in [0, 0.05) is 13.5 Å². The number of amides is 1. The topological polar surface area (TPSA) is 67.9 Å². The van der Waals surface area contributed by atoms with E-state index < -0.39 is 17.7 Å². The highest BCUT2D eigenvalue weighted by atomic mass is 19.1. The summed E-state index contributed by atoms with van der Waals surface area (Å²) < 4.78 is 25.0. The second kappa shape index (κ2) is 8.21. The molecule has 1 saturated heterocycles. The first-order valence-electron chi connectivity index (χ1n) is 7.81. The molecule has 7 heteroatoms. The molecule has 1 aromatic rings. The van der Waals surface area contributed by atoms with Gasteiger partial charge in [-0.1, -0.05) is 30.3 Å². The third-order valence-electron chi connectivity index (χ3n) is 3.94. The van der Waals surface area contributed by atoms with Gasteiger partial charge >= 0.3 is 5.97 Å². The van der Waals surface area contributed by atoms with E-state index >= 15 is 0 Å². The van der Waals surface area contributed by atoms with Crippen molar-refractivity contribution in [2.24, 2.45) is 0 Å². The Kier molecular flexibility index (Phi) is 6.28. The maximum Gasteiger partial charge on any atom is 0.329 e.